The molecule has 5 heteroatoms. The number of imidazole rings is 1. The Morgan fingerprint density at radius 3 is 2.67 bits per heavy atom. The summed E-state index contributed by atoms with van der Waals surface area (Å²) in [7, 11) is 0. The maximum absolute atomic E-state index is 12.1. The van der Waals surface area contributed by atoms with E-state index < -0.39 is 0 Å². The van der Waals surface area contributed by atoms with Crippen LogP contribution in [0, 0.1) is 0 Å². The molecule has 118 valence electrons. The van der Waals surface area contributed by atoms with E-state index >= 15 is 0 Å². The van der Waals surface area contributed by atoms with E-state index in [0.29, 0.717) is 13.1 Å². The van der Waals surface area contributed by atoms with Crippen molar-refractivity contribution in [2.45, 2.75) is 58.5 Å². The van der Waals surface area contributed by atoms with Crippen molar-refractivity contribution < 1.29 is 4.79 Å². The Hall–Kier alpha value is -1.36. The minimum Gasteiger partial charge on any atom is -0.348 e. The molecule has 1 fully saturated rings. The Morgan fingerprint density at radius 2 is 1.95 bits per heavy atom. The smallest absolute Gasteiger partial charge is 0.234 e. The zero-order chi connectivity index (χ0) is 14.9. The van der Waals surface area contributed by atoms with Gasteiger partial charge in [0.1, 0.15) is 5.82 Å². The highest BCUT2D eigenvalue weighted by molar-refractivity contribution is 5.77. The van der Waals surface area contributed by atoms with Gasteiger partial charge in [-0.1, -0.05) is 26.2 Å². The standard InChI is InChI=1S/C16H28N4O/c1-2-9-20-12-8-17-15(20)13-18-16(21)14-19-10-6-4-3-5-7-11-19/h8,12H,2-7,9-11,13-14H2,1H3,(H,18,21). The predicted molar refractivity (Wildman–Crippen MR) is 83.9 cm³/mol. The van der Waals surface area contributed by atoms with Crippen LogP contribution >= 0.6 is 0 Å². The van der Waals surface area contributed by atoms with Crippen molar-refractivity contribution >= 4 is 5.91 Å². The van der Waals surface area contributed by atoms with Crippen LogP contribution in [0.2, 0.25) is 0 Å². The summed E-state index contributed by atoms with van der Waals surface area (Å²) in [5, 5.41) is 3.00. The molecule has 1 aromatic heterocycles. The van der Waals surface area contributed by atoms with Crippen molar-refractivity contribution in [3.05, 3.63) is 18.2 Å². The van der Waals surface area contributed by atoms with Gasteiger partial charge in [0.25, 0.3) is 0 Å². The molecule has 1 N–H and O–H groups in total. The van der Waals surface area contributed by atoms with Crippen molar-refractivity contribution in [3.8, 4) is 0 Å². The van der Waals surface area contributed by atoms with E-state index in [4.69, 9.17) is 0 Å². The zero-order valence-corrected chi connectivity index (χ0v) is 13.2. The Balaban J connectivity index is 1.74. The van der Waals surface area contributed by atoms with Crippen molar-refractivity contribution in [1.82, 2.24) is 19.8 Å². The van der Waals surface area contributed by atoms with Crippen LogP contribution in [0.3, 0.4) is 0 Å². The normalized spacial score (nSPS) is 17.2. The first-order chi connectivity index (χ1) is 10.3. The molecule has 1 aromatic rings. The van der Waals surface area contributed by atoms with Gasteiger partial charge >= 0.3 is 0 Å². The molecule has 0 aromatic carbocycles. The lowest BCUT2D eigenvalue weighted by Crippen LogP contribution is -2.38. The van der Waals surface area contributed by atoms with Crippen LogP contribution < -0.4 is 5.32 Å². The molecular formula is C16H28N4O. The summed E-state index contributed by atoms with van der Waals surface area (Å²) >= 11 is 0. The second-order valence-electron chi connectivity index (χ2n) is 5.86. The number of nitrogens with one attached hydrogen (secondary N) is 1. The molecule has 0 aliphatic carbocycles. The first-order valence-corrected chi connectivity index (χ1v) is 8.28. The minimum absolute atomic E-state index is 0.113. The van der Waals surface area contributed by atoms with Crippen LogP contribution in [0.5, 0.6) is 0 Å². The fraction of sp³-hybridized carbons (Fsp3) is 0.750. The summed E-state index contributed by atoms with van der Waals surface area (Å²) in [6, 6.07) is 0. The Kier molecular flexibility index (Phi) is 6.73. The molecular weight excluding hydrogens is 264 g/mol. The predicted octanol–water partition coefficient (Wildman–Crippen LogP) is 2.18. The van der Waals surface area contributed by atoms with Gasteiger partial charge in [0, 0.05) is 18.9 Å². The first-order valence-electron chi connectivity index (χ1n) is 8.28. The molecule has 1 aliphatic heterocycles. The number of rotatable bonds is 6. The number of hydrogen-bond acceptors (Lipinski definition) is 3. The zero-order valence-electron chi connectivity index (χ0n) is 13.2. The largest absolute Gasteiger partial charge is 0.348 e. The molecule has 0 bridgehead atoms. The number of likely N-dealkylation sites (tertiary alicyclic amines) is 1. The molecule has 2 heterocycles. The number of carbonyl (C=O) groups excluding carboxylic acids is 1. The molecule has 1 saturated heterocycles. The van der Waals surface area contributed by atoms with E-state index in [1.54, 1.807) is 6.20 Å². The summed E-state index contributed by atoms with van der Waals surface area (Å²) < 4.78 is 2.11. The Labute approximate surface area is 127 Å². The van der Waals surface area contributed by atoms with E-state index in [2.05, 4.69) is 26.7 Å². The molecule has 1 aliphatic rings. The van der Waals surface area contributed by atoms with Crippen LogP contribution in [-0.4, -0.2) is 40.0 Å². The van der Waals surface area contributed by atoms with Gasteiger partial charge < -0.3 is 9.88 Å². The number of carbonyl (C=O) groups is 1. The van der Waals surface area contributed by atoms with Crippen LogP contribution in [-0.2, 0) is 17.9 Å². The van der Waals surface area contributed by atoms with Gasteiger partial charge in [-0.05, 0) is 32.4 Å². The topological polar surface area (TPSA) is 50.2 Å². The summed E-state index contributed by atoms with van der Waals surface area (Å²) in [6.45, 7) is 6.26. The van der Waals surface area contributed by atoms with E-state index in [-0.39, 0.29) is 5.91 Å². The minimum atomic E-state index is 0.113. The summed E-state index contributed by atoms with van der Waals surface area (Å²) in [6.07, 6.45) is 11.2. The molecule has 0 unspecified atom stereocenters. The maximum atomic E-state index is 12.1. The lowest BCUT2D eigenvalue weighted by Gasteiger charge is -2.23. The highest BCUT2D eigenvalue weighted by Gasteiger charge is 2.12. The fourth-order valence-electron chi connectivity index (χ4n) is 2.86. The summed E-state index contributed by atoms with van der Waals surface area (Å²) in [4.78, 5) is 18.7. The van der Waals surface area contributed by atoms with Gasteiger partial charge in [-0.25, -0.2) is 4.98 Å². The molecule has 5 nitrogen and oxygen atoms in total. The third kappa shape index (κ3) is 5.50. The second-order valence-corrected chi connectivity index (χ2v) is 5.86. The number of aromatic nitrogens is 2. The van der Waals surface area contributed by atoms with Crippen molar-refractivity contribution in [1.29, 1.82) is 0 Å². The third-order valence-corrected chi connectivity index (χ3v) is 4.03. The highest BCUT2D eigenvalue weighted by atomic mass is 16.2. The molecule has 2 rings (SSSR count). The molecule has 0 spiro atoms. The Morgan fingerprint density at radius 1 is 1.24 bits per heavy atom. The summed E-state index contributed by atoms with van der Waals surface area (Å²) in [5.74, 6) is 1.06. The maximum Gasteiger partial charge on any atom is 0.234 e. The summed E-state index contributed by atoms with van der Waals surface area (Å²) in [5.41, 5.74) is 0. The molecule has 0 radical (unpaired) electrons. The van der Waals surface area contributed by atoms with Crippen LogP contribution in [0.15, 0.2) is 12.4 Å². The van der Waals surface area contributed by atoms with Gasteiger partial charge in [0.15, 0.2) is 0 Å². The molecule has 21 heavy (non-hydrogen) atoms. The molecule has 0 saturated carbocycles. The monoisotopic (exact) mass is 292 g/mol. The van der Waals surface area contributed by atoms with Crippen LogP contribution in [0.25, 0.3) is 0 Å². The lowest BCUT2D eigenvalue weighted by atomic mass is 10.1. The lowest BCUT2D eigenvalue weighted by molar-refractivity contribution is -0.122. The van der Waals surface area contributed by atoms with Gasteiger partial charge in [-0.3, -0.25) is 9.69 Å². The van der Waals surface area contributed by atoms with Crippen molar-refractivity contribution in [3.63, 3.8) is 0 Å². The molecule has 0 atom stereocenters. The van der Waals surface area contributed by atoms with E-state index in [1.807, 2.05) is 6.20 Å². The first kappa shape index (κ1) is 16.0. The van der Waals surface area contributed by atoms with Crippen LogP contribution in [0.4, 0.5) is 0 Å². The average molecular weight is 292 g/mol. The Bertz CT molecular complexity index is 422. The van der Waals surface area contributed by atoms with Gasteiger partial charge in [0.05, 0.1) is 13.1 Å². The average Bonchev–Trinajstić information content (AvgIpc) is 2.87. The van der Waals surface area contributed by atoms with E-state index in [9.17, 15) is 4.79 Å². The number of nitrogens with zero attached hydrogens (tertiary/aromatic N) is 3. The third-order valence-electron chi connectivity index (χ3n) is 4.03. The number of aryl methyl sites for hydroxylation is 1. The van der Waals surface area contributed by atoms with Gasteiger partial charge in [-0.2, -0.15) is 0 Å². The van der Waals surface area contributed by atoms with E-state index in [0.717, 1.165) is 31.9 Å². The van der Waals surface area contributed by atoms with Crippen molar-refractivity contribution in [2.75, 3.05) is 19.6 Å². The van der Waals surface area contributed by atoms with Crippen molar-refractivity contribution in [2.24, 2.45) is 0 Å². The second kappa shape index (κ2) is 8.82. The van der Waals surface area contributed by atoms with Gasteiger partial charge in [-0.15, -0.1) is 0 Å². The number of amides is 1. The van der Waals surface area contributed by atoms with Crippen LogP contribution in [0.1, 0.15) is 51.3 Å². The molecule has 1 amide bonds. The van der Waals surface area contributed by atoms with E-state index in [1.165, 1.54) is 32.1 Å². The van der Waals surface area contributed by atoms with Gasteiger partial charge in [0.2, 0.25) is 5.91 Å². The quantitative estimate of drug-likeness (QED) is 0.874. The number of hydrogen-bond donors (Lipinski definition) is 1. The highest BCUT2D eigenvalue weighted by Crippen LogP contribution is 2.10. The SMILES string of the molecule is CCCn1ccnc1CNC(=O)CN1CCCCCCC1. The fourth-order valence-corrected chi connectivity index (χ4v) is 2.86.